The number of anilines is 1. The number of carbonyl (C=O) groups excluding carboxylic acids is 3. The molecule has 0 aliphatic carbocycles. The Balaban J connectivity index is 1.46. The molecule has 3 aromatic carbocycles. The highest BCUT2D eigenvalue weighted by atomic mass is 35.5. The summed E-state index contributed by atoms with van der Waals surface area (Å²) in [7, 11) is 0. The van der Waals surface area contributed by atoms with Crippen LogP contribution in [0.1, 0.15) is 44.1 Å². The highest BCUT2D eigenvalue weighted by Gasteiger charge is 2.32. The fourth-order valence-corrected chi connectivity index (χ4v) is 5.03. The van der Waals surface area contributed by atoms with Gasteiger partial charge in [-0.3, -0.25) is 9.59 Å². The molecule has 34 heavy (non-hydrogen) atoms. The summed E-state index contributed by atoms with van der Waals surface area (Å²) >= 11 is 7.67. The molecule has 1 fully saturated rings. The topological polar surface area (TPSA) is 75.7 Å². The van der Waals surface area contributed by atoms with E-state index in [0.717, 1.165) is 11.1 Å². The third kappa shape index (κ3) is 5.43. The number of amides is 2. The molecule has 0 unspecified atom stereocenters. The van der Waals surface area contributed by atoms with Crippen molar-refractivity contribution in [2.75, 3.05) is 17.7 Å². The molecule has 1 aliphatic rings. The van der Waals surface area contributed by atoms with E-state index in [4.69, 9.17) is 16.3 Å². The molecule has 4 rings (SSSR count). The molecule has 174 valence electrons. The molecule has 1 saturated heterocycles. The van der Waals surface area contributed by atoms with Gasteiger partial charge in [0.25, 0.3) is 5.91 Å². The summed E-state index contributed by atoms with van der Waals surface area (Å²) in [5.74, 6) is -0.337. The number of ether oxygens (including phenoxy) is 1. The molecule has 0 aromatic heterocycles. The average molecular weight is 495 g/mol. The van der Waals surface area contributed by atoms with E-state index >= 15 is 0 Å². The summed E-state index contributed by atoms with van der Waals surface area (Å²) < 4.78 is 5.00. The van der Waals surface area contributed by atoms with Gasteiger partial charge in [-0.05, 0) is 48.4 Å². The van der Waals surface area contributed by atoms with Gasteiger partial charge in [-0.2, -0.15) is 0 Å². The van der Waals surface area contributed by atoms with Gasteiger partial charge in [-0.25, -0.2) is 4.79 Å². The van der Waals surface area contributed by atoms with E-state index in [9.17, 15) is 14.4 Å². The van der Waals surface area contributed by atoms with Crippen LogP contribution < -0.4 is 5.32 Å². The molecule has 0 spiro atoms. The van der Waals surface area contributed by atoms with Crippen LogP contribution >= 0.6 is 23.4 Å². The fraction of sp³-hybridized carbons (Fsp3) is 0.192. The number of esters is 1. The van der Waals surface area contributed by atoms with Crippen molar-refractivity contribution in [3.8, 4) is 0 Å². The zero-order valence-electron chi connectivity index (χ0n) is 18.5. The van der Waals surface area contributed by atoms with Gasteiger partial charge in [0.15, 0.2) is 0 Å². The zero-order valence-corrected chi connectivity index (χ0v) is 20.1. The van der Waals surface area contributed by atoms with Gasteiger partial charge in [-0.1, -0.05) is 54.1 Å². The van der Waals surface area contributed by atoms with Gasteiger partial charge in [0, 0.05) is 17.8 Å². The number of halogens is 1. The molecule has 6 nitrogen and oxygen atoms in total. The van der Waals surface area contributed by atoms with E-state index in [1.54, 1.807) is 43.0 Å². The van der Waals surface area contributed by atoms with Crippen molar-refractivity contribution < 1.29 is 19.1 Å². The quantitative estimate of drug-likeness (QED) is 0.436. The molecule has 1 N–H and O–H groups in total. The highest BCUT2D eigenvalue weighted by molar-refractivity contribution is 8.00. The smallest absolute Gasteiger partial charge is 0.339 e. The second-order valence-corrected chi connectivity index (χ2v) is 9.14. The van der Waals surface area contributed by atoms with Gasteiger partial charge in [-0.15, -0.1) is 11.8 Å². The molecule has 1 heterocycles. The first-order chi connectivity index (χ1) is 16.5. The molecule has 0 bridgehead atoms. The monoisotopic (exact) mass is 494 g/mol. The third-order valence-electron chi connectivity index (χ3n) is 5.34. The van der Waals surface area contributed by atoms with Crippen LogP contribution in [0.4, 0.5) is 5.69 Å². The maximum atomic E-state index is 12.8. The zero-order chi connectivity index (χ0) is 24.1. The maximum Gasteiger partial charge on any atom is 0.339 e. The van der Waals surface area contributed by atoms with Gasteiger partial charge >= 0.3 is 5.97 Å². The number of nitrogens with zero attached hydrogens (tertiary/aromatic N) is 1. The largest absolute Gasteiger partial charge is 0.462 e. The van der Waals surface area contributed by atoms with E-state index in [-0.39, 0.29) is 34.4 Å². The molecule has 0 radical (unpaired) electrons. The lowest BCUT2D eigenvalue weighted by atomic mass is 10.1. The van der Waals surface area contributed by atoms with Crippen molar-refractivity contribution in [2.24, 2.45) is 0 Å². The number of nitrogens with one attached hydrogen (secondary N) is 1. The first-order valence-corrected chi connectivity index (χ1v) is 12.2. The molecular formula is C26H23ClN2O4S. The maximum absolute atomic E-state index is 12.8. The third-order valence-corrected chi connectivity index (χ3v) is 6.93. The van der Waals surface area contributed by atoms with E-state index in [2.05, 4.69) is 5.32 Å². The Morgan fingerprint density at radius 2 is 1.82 bits per heavy atom. The Labute approximate surface area is 207 Å². The first kappa shape index (κ1) is 23.9. The number of thioether (sulfide) groups is 1. The van der Waals surface area contributed by atoms with Crippen molar-refractivity contribution in [1.29, 1.82) is 0 Å². The predicted octanol–water partition coefficient (Wildman–Crippen LogP) is 5.54. The van der Waals surface area contributed by atoms with Gasteiger partial charge in [0.1, 0.15) is 5.37 Å². The van der Waals surface area contributed by atoms with Crippen LogP contribution in [0, 0.1) is 0 Å². The van der Waals surface area contributed by atoms with Crippen molar-refractivity contribution >= 4 is 46.8 Å². The predicted molar refractivity (Wildman–Crippen MR) is 134 cm³/mol. The van der Waals surface area contributed by atoms with Crippen LogP contribution in [-0.2, 0) is 16.1 Å². The summed E-state index contributed by atoms with van der Waals surface area (Å²) in [6, 6.07) is 21.8. The molecular weight excluding hydrogens is 472 g/mol. The molecule has 8 heteroatoms. The first-order valence-electron chi connectivity index (χ1n) is 10.8. The Bertz CT molecular complexity index is 1200. The van der Waals surface area contributed by atoms with Gasteiger partial charge < -0.3 is 15.0 Å². The lowest BCUT2D eigenvalue weighted by Crippen LogP contribution is -2.27. The van der Waals surface area contributed by atoms with Crippen LogP contribution in [0.5, 0.6) is 0 Å². The van der Waals surface area contributed by atoms with Gasteiger partial charge in [0.05, 0.1) is 22.9 Å². The Kier molecular flexibility index (Phi) is 7.55. The molecule has 2 amide bonds. The van der Waals surface area contributed by atoms with Crippen LogP contribution in [-0.4, -0.2) is 35.0 Å². The Morgan fingerprint density at radius 1 is 1.09 bits per heavy atom. The number of hydrogen-bond donors (Lipinski definition) is 1. The van der Waals surface area contributed by atoms with Crippen LogP contribution in [0.15, 0.2) is 72.8 Å². The van der Waals surface area contributed by atoms with Crippen molar-refractivity contribution in [3.05, 3.63) is 100 Å². The standard InChI is InChI=1S/C26H23ClN2O4S/c1-2-33-26(32)21-14-20(12-13-22(21)27)28-24(31)18-8-10-19(11-9-18)25-29(23(30)16-34-25)15-17-6-4-3-5-7-17/h3-14,25H,2,15-16H2,1H3,(H,28,31)/t25-/m0/s1. The Hall–Kier alpha value is -3.29. The highest BCUT2D eigenvalue weighted by Crippen LogP contribution is 2.39. The molecule has 1 atom stereocenters. The lowest BCUT2D eigenvalue weighted by Gasteiger charge is -2.24. The molecule has 3 aromatic rings. The van der Waals surface area contributed by atoms with Crippen molar-refractivity contribution in [3.63, 3.8) is 0 Å². The lowest BCUT2D eigenvalue weighted by molar-refractivity contribution is -0.128. The summed E-state index contributed by atoms with van der Waals surface area (Å²) in [5.41, 5.74) is 3.12. The minimum atomic E-state index is -0.545. The normalized spacial score (nSPS) is 15.3. The second kappa shape index (κ2) is 10.8. The summed E-state index contributed by atoms with van der Waals surface area (Å²) in [6.45, 7) is 2.48. The van der Waals surface area contributed by atoms with E-state index in [1.165, 1.54) is 6.07 Å². The summed E-state index contributed by atoms with van der Waals surface area (Å²) in [6.07, 6.45) is 0. The average Bonchev–Trinajstić information content (AvgIpc) is 3.21. The minimum absolute atomic E-state index is 0.0980. The molecule has 0 saturated carbocycles. The SMILES string of the molecule is CCOC(=O)c1cc(NC(=O)c2ccc([C@@H]3SCC(=O)N3Cc3ccccc3)cc2)ccc1Cl. The molecule has 1 aliphatic heterocycles. The van der Waals surface area contributed by atoms with Crippen LogP contribution in [0.25, 0.3) is 0 Å². The minimum Gasteiger partial charge on any atom is -0.462 e. The number of benzene rings is 3. The Morgan fingerprint density at radius 3 is 2.53 bits per heavy atom. The number of rotatable bonds is 7. The second-order valence-electron chi connectivity index (χ2n) is 7.66. The van der Waals surface area contributed by atoms with Crippen molar-refractivity contribution in [2.45, 2.75) is 18.8 Å². The fourth-order valence-electron chi connectivity index (χ4n) is 3.65. The van der Waals surface area contributed by atoms with Crippen LogP contribution in [0.3, 0.4) is 0 Å². The summed E-state index contributed by atoms with van der Waals surface area (Å²) in [4.78, 5) is 39.2. The van der Waals surface area contributed by atoms with Crippen LogP contribution in [0.2, 0.25) is 5.02 Å². The van der Waals surface area contributed by atoms with E-state index in [1.807, 2.05) is 47.4 Å². The van der Waals surface area contributed by atoms with Crippen molar-refractivity contribution in [1.82, 2.24) is 4.90 Å². The van der Waals surface area contributed by atoms with E-state index in [0.29, 0.717) is 23.5 Å². The number of hydrogen-bond acceptors (Lipinski definition) is 5. The summed E-state index contributed by atoms with van der Waals surface area (Å²) in [5, 5.41) is 2.94. The number of carbonyl (C=O) groups is 3. The van der Waals surface area contributed by atoms with E-state index < -0.39 is 5.97 Å². The van der Waals surface area contributed by atoms with Gasteiger partial charge in [0.2, 0.25) is 5.91 Å².